The average Bonchev–Trinajstić information content (AvgIpc) is 2.62. The summed E-state index contributed by atoms with van der Waals surface area (Å²) in [5.41, 5.74) is -0.118. The molecule has 0 bridgehead atoms. The second-order valence-corrected chi connectivity index (χ2v) is 5.93. The van der Waals surface area contributed by atoms with Gasteiger partial charge in [0.15, 0.2) is 5.79 Å². The molecule has 3 aliphatic rings. The Morgan fingerprint density at radius 2 is 2.12 bits per heavy atom. The second kappa shape index (κ2) is 3.19. The molecule has 3 rings (SSSR count). The van der Waals surface area contributed by atoms with Crippen LogP contribution >= 0.6 is 0 Å². The average molecular weight is 227 g/mol. The Bertz CT molecular complexity index is 305. The van der Waals surface area contributed by atoms with Gasteiger partial charge in [-0.25, -0.2) is 0 Å². The van der Waals surface area contributed by atoms with Gasteiger partial charge < -0.3 is 19.5 Å². The highest BCUT2D eigenvalue weighted by Gasteiger charge is 2.75. The summed E-state index contributed by atoms with van der Waals surface area (Å²) in [7, 11) is 0. The molecule has 4 atom stereocenters. The maximum absolute atomic E-state index is 6.00. The van der Waals surface area contributed by atoms with Crippen LogP contribution in [0.3, 0.4) is 0 Å². The van der Waals surface area contributed by atoms with Crippen molar-refractivity contribution in [2.45, 2.75) is 69.9 Å². The number of rotatable bonds is 3. The van der Waals surface area contributed by atoms with Gasteiger partial charge in [-0.1, -0.05) is 13.8 Å². The Hall–Kier alpha value is -0.160. The zero-order chi connectivity index (χ0) is 11.6. The maximum atomic E-state index is 6.00. The van der Waals surface area contributed by atoms with Gasteiger partial charge >= 0.3 is 0 Å². The normalized spacial score (nSPS) is 48.2. The number of ether oxygens (including phenoxy) is 3. The molecule has 4 nitrogen and oxygen atoms in total. The first-order valence-electron chi connectivity index (χ1n) is 6.20. The molecule has 1 N–H and O–H groups in total. The molecule has 2 heterocycles. The predicted octanol–water partition coefficient (Wildman–Crippen LogP) is 1.05. The molecule has 1 aliphatic carbocycles. The summed E-state index contributed by atoms with van der Waals surface area (Å²) in [4.78, 5) is 0. The minimum Gasteiger partial charge on any atom is -0.368 e. The lowest BCUT2D eigenvalue weighted by Gasteiger charge is -2.23. The summed E-state index contributed by atoms with van der Waals surface area (Å²) >= 11 is 0. The largest absolute Gasteiger partial charge is 0.368 e. The third kappa shape index (κ3) is 1.51. The van der Waals surface area contributed by atoms with E-state index in [9.17, 15) is 0 Å². The third-order valence-corrected chi connectivity index (χ3v) is 3.62. The molecule has 3 fully saturated rings. The van der Waals surface area contributed by atoms with Crippen LogP contribution in [0.5, 0.6) is 0 Å². The summed E-state index contributed by atoms with van der Waals surface area (Å²) in [5, 5.41) is 3.40. The van der Waals surface area contributed by atoms with E-state index in [1.54, 1.807) is 0 Å². The molecular formula is C12H21NO3. The Balaban J connectivity index is 1.68. The molecule has 0 aromatic rings. The fourth-order valence-corrected chi connectivity index (χ4v) is 2.93. The summed E-state index contributed by atoms with van der Waals surface area (Å²) < 4.78 is 17.9. The van der Waals surface area contributed by atoms with E-state index in [1.165, 1.54) is 0 Å². The van der Waals surface area contributed by atoms with Crippen LogP contribution in [0.25, 0.3) is 0 Å². The van der Waals surface area contributed by atoms with E-state index in [-0.39, 0.29) is 23.9 Å². The second-order valence-electron chi connectivity index (χ2n) is 5.93. The van der Waals surface area contributed by atoms with Crippen molar-refractivity contribution < 1.29 is 14.2 Å². The lowest BCUT2D eigenvalue weighted by atomic mass is 10.1. The van der Waals surface area contributed by atoms with Crippen LogP contribution in [0, 0.1) is 0 Å². The first-order chi connectivity index (χ1) is 7.43. The molecule has 1 saturated carbocycles. The van der Waals surface area contributed by atoms with Crippen molar-refractivity contribution in [1.29, 1.82) is 0 Å². The van der Waals surface area contributed by atoms with Crippen molar-refractivity contribution in [2.75, 3.05) is 6.54 Å². The van der Waals surface area contributed by atoms with Crippen molar-refractivity contribution in [3.05, 3.63) is 0 Å². The van der Waals surface area contributed by atoms with Gasteiger partial charge in [-0.15, -0.1) is 0 Å². The molecule has 16 heavy (non-hydrogen) atoms. The maximum Gasteiger partial charge on any atom is 0.164 e. The monoisotopic (exact) mass is 227 g/mol. The summed E-state index contributed by atoms with van der Waals surface area (Å²) in [6, 6.07) is 0.479. The molecule has 0 unspecified atom stereocenters. The van der Waals surface area contributed by atoms with Crippen molar-refractivity contribution in [1.82, 2.24) is 5.32 Å². The Labute approximate surface area is 96.6 Å². The minimum atomic E-state index is -0.445. The van der Waals surface area contributed by atoms with Crippen LogP contribution in [-0.4, -0.2) is 42.3 Å². The first-order valence-corrected chi connectivity index (χ1v) is 6.20. The van der Waals surface area contributed by atoms with Gasteiger partial charge in [-0.3, -0.25) is 0 Å². The van der Waals surface area contributed by atoms with Gasteiger partial charge in [-0.2, -0.15) is 0 Å². The zero-order valence-electron chi connectivity index (χ0n) is 10.4. The highest BCUT2D eigenvalue weighted by molar-refractivity contribution is 5.22. The van der Waals surface area contributed by atoms with Crippen molar-refractivity contribution in [3.63, 3.8) is 0 Å². The Morgan fingerprint density at radius 1 is 1.38 bits per heavy atom. The fourth-order valence-electron chi connectivity index (χ4n) is 2.93. The van der Waals surface area contributed by atoms with Gasteiger partial charge in [0.05, 0.1) is 12.2 Å². The lowest BCUT2D eigenvalue weighted by molar-refractivity contribution is -0.175. The standard InChI is InChI=1S/C12H21NO3/c1-7(2)13-6-8-10-12(5-9(12)14-8)16-11(3,4)15-10/h7-10,13H,5-6H2,1-4H3/t8-,9+,10-,12+/m1/s1. The van der Waals surface area contributed by atoms with E-state index in [2.05, 4.69) is 19.2 Å². The third-order valence-electron chi connectivity index (χ3n) is 3.62. The molecule has 2 aliphatic heterocycles. The van der Waals surface area contributed by atoms with Crippen molar-refractivity contribution >= 4 is 0 Å². The van der Waals surface area contributed by atoms with Crippen LogP contribution in [0.1, 0.15) is 34.1 Å². The molecule has 2 saturated heterocycles. The van der Waals surface area contributed by atoms with Crippen LogP contribution in [0.15, 0.2) is 0 Å². The van der Waals surface area contributed by atoms with E-state index < -0.39 is 5.79 Å². The van der Waals surface area contributed by atoms with Gasteiger partial charge in [0.2, 0.25) is 0 Å². The molecule has 0 aromatic heterocycles. The minimum absolute atomic E-state index is 0.110. The fraction of sp³-hybridized carbons (Fsp3) is 1.00. The molecule has 0 radical (unpaired) electrons. The van der Waals surface area contributed by atoms with Crippen LogP contribution in [0.2, 0.25) is 0 Å². The van der Waals surface area contributed by atoms with E-state index in [1.807, 2.05) is 13.8 Å². The smallest absolute Gasteiger partial charge is 0.164 e. The summed E-state index contributed by atoms with van der Waals surface area (Å²) in [5.74, 6) is -0.445. The predicted molar refractivity (Wildman–Crippen MR) is 59.2 cm³/mol. The number of hydrogen-bond acceptors (Lipinski definition) is 4. The molecule has 1 spiro atoms. The highest BCUT2D eigenvalue weighted by atomic mass is 16.8. The van der Waals surface area contributed by atoms with Gasteiger partial charge in [0.1, 0.15) is 11.7 Å². The summed E-state index contributed by atoms with van der Waals surface area (Å²) in [6.07, 6.45) is 1.51. The van der Waals surface area contributed by atoms with Crippen molar-refractivity contribution in [2.24, 2.45) is 0 Å². The number of nitrogens with one attached hydrogen (secondary N) is 1. The highest BCUT2D eigenvalue weighted by Crippen LogP contribution is 2.60. The first kappa shape index (κ1) is 11.0. The topological polar surface area (TPSA) is 39.7 Å². The Kier molecular flexibility index (Phi) is 2.19. The van der Waals surface area contributed by atoms with Crippen LogP contribution in [-0.2, 0) is 14.2 Å². The van der Waals surface area contributed by atoms with E-state index in [0.29, 0.717) is 6.04 Å². The van der Waals surface area contributed by atoms with Crippen molar-refractivity contribution in [3.8, 4) is 0 Å². The molecular weight excluding hydrogens is 206 g/mol. The molecule has 4 heteroatoms. The van der Waals surface area contributed by atoms with Crippen LogP contribution < -0.4 is 5.32 Å². The SMILES string of the molecule is CC(C)NC[C@H]1O[C@H]2C[C@]23OC(C)(C)O[C@H]13. The zero-order valence-corrected chi connectivity index (χ0v) is 10.4. The van der Waals surface area contributed by atoms with Crippen LogP contribution in [0.4, 0.5) is 0 Å². The molecule has 0 aromatic carbocycles. The van der Waals surface area contributed by atoms with E-state index >= 15 is 0 Å². The van der Waals surface area contributed by atoms with Gasteiger partial charge in [-0.05, 0) is 13.8 Å². The summed E-state index contributed by atoms with van der Waals surface area (Å²) in [6.45, 7) is 9.10. The molecule has 92 valence electrons. The van der Waals surface area contributed by atoms with Gasteiger partial charge in [0.25, 0.3) is 0 Å². The van der Waals surface area contributed by atoms with E-state index in [0.717, 1.165) is 13.0 Å². The van der Waals surface area contributed by atoms with Gasteiger partial charge in [0, 0.05) is 19.0 Å². The number of hydrogen-bond donors (Lipinski definition) is 1. The van der Waals surface area contributed by atoms with E-state index in [4.69, 9.17) is 14.2 Å². The Morgan fingerprint density at radius 3 is 2.81 bits per heavy atom. The molecule has 0 amide bonds. The quantitative estimate of drug-likeness (QED) is 0.782. The lowest BCUT2D eigenvalue weighted by Crippen LogP contribution is -2.42.